The summed E-state index contributed by atoms with van der Waals surface area (Å²) in [6, 6.07) is 9.80. The Kier molecular flexibility index (Phi) is 4.91. The second kappa shape index (κ2) is 6.50. The summed E-state index contributed by atoms with van der Waals surface area (Å²) in [5.74, 6) is 0.00451. The van der Waals surface area contributed by atoms with E-state index < -0.39 is 0 Å². The Labute approximate surface area is 134 Å². The van der Waals surface area contributed by atoms with Crippen molar-refractivity contribution >= 4 is 34.5 Å². The van der Waals surface area contributed by atoms with Crippen molar-refractivity contribution in [2.24, 2.45) is 0 Å². The molecule has 2 aromatic rings. The van der Waals surface area contributed by atoms with Gasteiger partial charge in [-0.25, -0.2) is 0 Å². The van der Waals surface area contributed by atoms with Gasteiger partial charge in [0.2, 0.25) is 0 Å². The van der Waals surface area contributed by atoms with Gasteiger partial charge in [0.1, 0.15) is 0 Å². The van der Waals surface area contributed by atoms with Crippen LogP contribution in [0.2, 0.25) is 4.34 Å². The molecule has 1 aromatic heterocycles. The van der Waals surface area contributed by atoms with E-state index in [2.05, 4.69) is 12.2 Å². The van der Waals surface area contributed by atoms with Crippen LogP contribution < -0.4 is 5.32 Å². The van der Waals surface area contributed by atoms with Crippen molar-refractivity contribution < 1.29 is 4.79 Å². The Bertz CT molecular complexity index is 651. The summed E-state index contributed by atoms with van der Waals surface area (Å²) in [5.41, 5.74) is 2.77. The zero-order valence-corrected chi connectivity index (χ0v) is 14.2. The molecule has 0 saturated carbocycles. The van der Waals surface area contributed by atoms with Gasteiger partial charge in [-0.05, 0) is 43.7 Å². The molecule has 0 saturated heterocycles. The minimum atomic E-state index is 0.00451. The summed E-state index contributed by atoms with van der Waals surface area (Å²) in [6.07, 6.45) is 0. The van der Waals surface area contributed by atoms with E-state index in [1.165, 1.54) is 4.88 Å². The summed E-state index contributed by atoms with van der Waals surface area (Å²) in [6.45, 7) is 4.11. The van der Waals surface area contributed by atoms with Crippen LogP contribution in [0.3, 0.4) is 0 Å². The molecule has 0 aliphatic carbocycles. The Morgan fingerprint density at radius 2 is 2.00 bits per heavy atom. The van der Waals surface area contributed by atoms with Gasteiger partial charge in [0, 0.05) is 30.2 Å². The first-order valence-electron chi connectivity index (χ1n) is 6.72. The van der Waals surface area contributed by atoms with E-state index in [-0.39, 0.29) is 11.9 Å². The summed E-state index contributed by atoms with van der Waals surface area (Å²) in [5, 5.41) is 3.46. The predicted molar refractivity (Wildman–Crippen MR) is 90.6 cm³/mol. The molecule has 0 fully saturated rings. The predicted octanol–water partition coefficient (Wildman–Crippen LogP) is 4.58. The van der Waals surface area contributed by atoms with Gasteiger partial charge in [-0.2, -0.15) is 0 Å². The first-order valence-corrected chi connectivity index (χ1v) is 7.92. The topological polar surface area (TPSA) is 32.3 Å². The van der Waals surface area contributed by atoms with E-state index >= 15 is 0 Å². The van der Waals surface area contributed by atoms with E-state index in [1.54, 1.807) is 30.3 Å². The zero-order valence-electron chi connectivity index (χ0n) is 12.6. The Balaban J connectivity index is 2.23. The van der Waals surface area contributed by atoms with Crippen molar-refractivity contribution in [3.8, 4) is 0 Å². The maximum absolute atomic E-state index is 12.0. The SMILES string of the molecule is Cc1ccc(C(=O)N(C)C)cc1NC(C)c1ccc(Cl)s1. The molecule has 2 rings (SSSR count). The highest BCUT2D eigenvalue weighted by Gasteiger charge is 2.13. The van der Waals surface area contributed by atoms with E-state index in [9.17, 15) is 4.79 Å². The molecule has 5 heteroatoms. The average Bonchev–Trinajstić information content (AvgIpc) is 2.87. The fraction of sp³-hybridized carbons (Fsp3) is 0.312. The standard InChI is InChI=1S/C16H19ClN2OS/c1-10-5-6-12(16(20)19(3)4)9-13(10)18-11(2)14-7-8-15(17)21-14/h5-9,11,18H,1-4H3. The number of nitrogens with zero attached hydrogens (tertiary/aromatic N) is 1. The van der Waals surface area contributed by atoms with E-state index in [0.717, 1.165) is 15.6 Å². The monoisotopic (exact) mass is 322 g/mol. The Hall–Kier alpha value is -1.52. The number of carbonyl (C=O) groups excluding carboxylic acids is 1. The molecule has 1 heterocycles. The number of nitrogens with one attached hydrogen (secondary N) is 1. The summed E-state index contributed by atoms with van der Waals surface area (Å²) in [4.78, 5) is 14.8. The number of hydrogen-bond acceptors (Lipinski definition) is 3. The molecule has 1 N–H and O–H groups in total. The third kappa shape index (κ3) is 3.77. The van der Waals surface area contributed by atoms with Crippen LogP contribution in [0.15, 0.2) is 30.3 Å². The Morgan fingerprint density at radius 3 is 2.57 bits per heavy atom. The van der Waals surface area contributed by atoms with Gasteiger partial charge in [-0.1, -0.05) is 17.7 Å². The van der Waals surface area contributed by atoms with E-state index in [0.29, 0.717) is 5.56 Å². The maximum atomic E-state index is 12.0. The fourth-order valence-corrected chi connectivity index (χ4v) is 3.10. The third-order valence-electron chi connectivity index (χ3n) is 3.28. The number of rotatable bonds is 4. The van der Waals surface area contributed by atoms with Gasteiger partial charge in [0.15, 0.2) is 0 Å². The van der Waals surface area contributed by atoms with Crippen LogP contribution >= 0.6 is 22.9 Å². The number of amides is 1. The van der Waals surface area contributed by atoms with Crippen molar-refractivity contribution in [3.05, 3.63) is 50.7 Å². The molecule has 0 aliphatic heterocycles. The lowest BCUT2D eigenvalue weighted by Gasteiger charge is -2.18. The van der Waals surface area contributed by atoms with E-state index in [1.807, 2.05) is 37.3 Å². The molecule has 0 spiro atoms. The number of hydrogen-bond donors (Lipinski definition) is 1. The number of aryl methyl sites for hydroxylation is 1. The molecule has 1 amide bonds. The van der Waals surface area contributed by atoms with E-state index in [4.69, 9.17) is 11.6 Å². The second-order valence-corrected chi connectivity index (χ2v) is 6.98. The lowest BCUT2D eigenvalue weighted by Crippen LogP contribution is -2.21. The molecule has 3 nitrogen and oxygen atoms in total. The summed E-state index contributed by atoms with van der Waals surface area (Å²) < 4.78 is 0.784. The molecular weight excluding hydrogens is 304 g/mol. The molecule has 112 valence electrons. The van der Waals surface area contributed by atoms with Crippen molar-refractivity contribution in [2.75, 3.05) is 19.4 Å². The van der Waals surface area contributed by atoms with Gasteiger partial charge in [-0.15, -0.1) is 11.3 Å². The van der Waals surface area contributed by atoms with Crippen LogP contribution in [0.5, 0.6) is 0 Å². The van der Waals surface area contributed by atoms with Crippen LogP contribution in [0.4, 0.5) is 5.69 Å². The third-order valence-corrected chi connectivity index (χ3v) is 4.70. The highest BCUT2D eigenvalue weighted by Crippen LogP contribution is 2.30. The number of anilines is 1. The molecule has 1 unspecified atom stereocenters. The van der Waals surface area contributed by atoms with Gasteiger partial charge in [-0.3, -0.25) is 4.79 Å². The van der Waals surface area contributed by atoms with Gasteiger partial charge >= 0.3 is 0 Å². The fourth-order valence-electron chi connectivity index (χ4n) is 2.03. The molecule has 0 radical (unpaired) electrons. The molecule has 1 aromatic carbocycles. The average molecular weight is 323 g/mol. The molecule has 21 heavy (non-hydrogen) atoms. The van der Waals surface area contributed by atoms with Gasteiger partial charge in [0.05, 0.1) is 10.4 Å². The van der Waals surface area contributed by atoms with Gasteiger partial charge < -0.3 is 10.2 Å². The number of benzene rings is 1. The van der Waals surface area contributed by atoms with Gasteiger partial charge in [0.25, 0.3) is 5.91 Å². The number of thiophene rings is 1. The quantitative estimate of drug-likeness (QED) is 0.893. The Morgan fingerprint density at radius 1 is 1.29 bits per heavy atom. The van der Waals surface area contributed by atoms with Crippen molar-refractivity contribution in [1.29, 1.82) is 0 Å². The van der Waals surface area contributed by atoms with Crippen LogP contribution in [-0.4, -0.2) is 24.9 Å². The summed E-state index contributed by atoms with van der Waals surface area (Å²) >= 11 is 7.55. The normalized spacial score (nSPS) is 12.0. The molecule has 1 atom stereocenters. The minimum Gasteiger partial charge on any atom is -0.377 e. The smallest absolute Gasteiger partial charge is 0.253 e. The first kappa shape index (κ1) is 15.9. The lowest BCUT2D eigenvalue weighted by atomic mass is 10.1. The second-order valence-electron chi connectivity index (χ2n) is 5.24. The highest BCUT2D eigenvalue weighted by molar-refractivity contribution is 7.16. The maximum Gasteiger partial charge on any atom is 0.253 e. The largest absolute Gasteiger partial charge is 0.377 e. The molecule has 0 aliphatic rings. The summed E-state index contributed by atoms with van der Waals surface area (Å²) in [7, 11) is 3.51. The highest BCUT2D eigenvalue weighted by atomic mass is 35.5. The molecule has 0 bridgehead atoms. The lowest BCUT2D eigenvalue weighted by molar-refractivity contribution is 0.0827. The van der Waals surface area contributed by atoms with Crippen LogP contribution in [0.1, 0.15) is 33.8 Å². The van der Waals surface area contributed by atoms with Crippen LogP contribution in [-0.2, 0) is 0 Å². The number of carbonyl (C=O) groups is 1. The van der Waals surface area contributed by atoms with Crippen LogP contribution in [0, 0.1) is 6.92 Å². The number of halogens is 1. The minimum absolute atomic E-state index is 0.00451. The zero-order chi connectivity index (χ0) is 15.6. The first-order chi connectivity index (χ1) is 9.88. The van der Waals surface area contributed by atoms with Crippen LogP contribution in [0.25, 0.3) is 0 Å². The molecular formula is C16H19ClN2OS. The van der Waals surface area contributed by atoms with Crippen molar-refractivity contribution in [1.82, 2.24) is 4.90 Å². The van der Waals surface area contributed by atoms with Crippen molar-refractivity contribution in [3.63, 3.8) is 0 Å². The van der Waals surface area contributed by atoms with Crippen molar-refractivity contribution in [2.45, 2.75) is 19.9 Å².